The van der Waals surface area contributed by atoms with Crippen LogP contribution in [0.25, 0.3) is 0 Å². The van der Waals surface area contributed by atoms with E-state index in [1.54, 1.807) is 12.1 Å². The summed E-state index contributed by atoms with van der Waals surface area (Å²) in [6.07, 6.45) is 0. The van der Waals surface area contributed by atoms with Gasteiger partial charge in [0.2, 0.25) is 5.75 Å². The molecule has 0 atom stereocenters. The lowest BCUT2D eigenvalue weighted by atomic mass is 10.1. The standard InChI is InChI=1S/C10H13NO5/c1-14-6-7-4-5-8(15-2)10(16-3)9(7)11(12)13/h4-5H,6H2,1-3H3. The van der Waals surface area contributed by atoms with Crippen LogP contribution in [-0.4, -0.2) is 26.3 Å². The first-order valence-corrected chi connectivity index (χ1v) is 4.52. The average Bonchev–Trinajstić information content (AvgIpc) is 2.28. The molecule has 0 fully saturated rings. The van der Waals surface area contributed by atoms with Crippen molar-refractivity contribution in [3.8, 4) is 11.5 Å². The van der Waals surface area contributed by atoms with Crippen molar-refractivity contribution in [2.45, 2.75) is 6.61 Å². The molecule has 0 N–H and O–H groups in total. The lowest BCUT2D eigenvalue weighted by molar-refractivity contribution is -0.386. The molecule has 0 amide bonds. The quantitative estimate of drug-likeness (QED) is 0.566. The summed E-state index contributed by atoms with van der Waals surface area (Å²) in [6.45, 7) is 0.149. The first kappa shape index (κ1) is 12.3. The second-order valence-corrected chi connectivity index (χ2v) is 3.00. The summed E-state index contributed by atoms with van der Waals surface area (Å²) in [5.74, 6) is 0.441. The monoisotopic (exact) mass is 227 g/mol. The van der Waals surface area contributed by atoms with E-state index in [9.17, 15) is 10.1 Å². The summed E-state index contributed by atoms with van der Waals surface area (Å²) in [7, 11) is 4.26. The number of hydrogen-bond donors (Lipinski definition) is 0. The molecular formula is C10H13NO5. The van der Waals surface area contributed by atoms with Gasteiger partial charge in [0.15, 0.2) is 5.75 Å². The minimum absolute atomic E-state index is 0.113. The van der Waals surface area contributed by atoms with Crippen molar-refractivity contribution in [2.75, 3.05) is 21.3 Å². The van der Waals surface area contributed by atoms with E-state index in [2.05, 4.69) is 0 Å². The van der Waals surface area contributed by atoms with E-state index in [-0.39, 0.29) is 18.0 Å². The molecule has 0 saturated carbocycles. The fourth-order valence-electron chi connectivity index (χ4n) is 1.42. The molecule has 0 bridgehead atoms. The molecule has 1 rings (SSSR count). The van der Waals surface area contributed by atoms with Crippen molar-refractivity contribution < 1.29 is 19.1 Å². The zero-order valence-electron chi connectivity index (χ0n) is 9.35. The number of nitro benzene ring substituents is 1. The van der Waals surface area contributed by atoms with Gasteiger partial charge in [-0.05, 0) is 12.1 Å². The van der Waals surface area contributed by atoms with Gasteiger partial charge in [0.05, 0.1) is 31.3 Å². The Kier molecular flexibility index (Phi) is 4.07. The Balaban J connectivity index is 3.37. The zero-order valence-corrected chi connectivity index (χ0v) is 9.35. The maximum Gasteiger partial charge on any atom is 0.320 e. The molecule has 16 heavy (non-hydrogen) atoms. The molecular weight excluding hydrogens is 214 g/mol. The summed E-state index contributed by atoms with van der Waals surface area (Å²) in [4.78, 5) is 10.5. The minimum atomic E-state index is -0.504. The topological polar surface area (TPSA) is 70.8 Å². The number of nitrogens with zero attached hydrogens (tertiary/aromatic N) is 1. The maximum atomic E-state index is 11.0. The molecule has 6 heteroatoms. The number of nitro groups is 1. The molecule has 0 heterocycles. The van der Waals surface area contributed by atoms with Crippen LogP contribution >= 0.6 is 0 Å². The van der Waals surface area contributed by atoms with Crippen LogP contribution in [0.3, 0.4) is 0 Å². The maximum absolute atomic E-state index is 11.0. The Labute approximate surface area is 92.9 Å². The van der Waals surface area contributed by atoms with E-state index >= 15 is 0 Å². The Morgan fingerprint density at radius 2 is 1.94 bits per heavy atom. The Morgan fingerprint density at radius 1 is 1.25 bits per heavy atom. The second-order valence-electron chi connectivity index (χ2n) is 3.00. The first-order valence-electron chi connectivity index (χ1n) is 4.52. The van der Waals surface area contributed by atoms with Crippen LogP contribution in [0.15, 0.2) is 12.1 Å². The number of rotatable bonds is 5. The summed E-state index contributed by atoms with van der Waals surface area (Å²) in [5, 5.41) is 11.0. The number of benzene rings is 1. The lowest BCUT2D eigenvalue weighted by Crippen LogP contribution is -2.02. The smallest absolute Gasteiger partial charge is 0.320 e. The highest BCUT2D eigenvalue weighted by Gasteiger charge is 2.24. The third kappa shape index (κ3) is 2.22. The van der Waals surface area contributed by atoms with Crippen molar-refractivity contribution in [1.82, 2.24) is 0 Å². The minimum Gasteiger partial charge on any atom is -0.493 e. The van der Waals surface area contributed by atoms with Crippen LogP contribution in [0.4, 0.5) is 5.69 Å². The molecule has 0 unspecified atom stereocenters. The number of hydrogen-bond acceptors (Lipinski definition) is 5. The van der Waals surface area contributed by atoms with Gasteiger partial charge < -0.3 is 14.2 Å². The number of ether oxygens (including phenoxy) is 3. The fourth-order valence-corrected chi connectivity index (χ4v) is 1.42. The van der Waals surface area contributed by atoms with Crippen molar-refractivity contribution in [3.63, 3.8) is 0 Å². The Bertz CT molecular complexity index is 391. The first-order chi connectivity index (χ1) is 7.65. The van der Waals surface area contributed by atoms with Crippen molar-refractivity contribution in [2.24, 2.45) is 0 Å². The lowest BCUT2D eigenvalue weighted by Gasteiger charge is -2.10. The van der Waals surface area contributed by atoms with Gasteiger partial charge in [-0.25, -0.2) is 0 Å². The van der Waals surface area contributed by atoms with Crippen LogP contribution in [0.1, 0.15) is 5.56 Å². The molecule has 1 aromatic rings. The van der Waals surface area contributed by atoms with Crippen molar-refractivity contribution >= 4 is 5.69 Å². The Morgan fingerprint density at radius 3 is 2.38 bits per heavy atom. The normalized spacial score (nSPS) is 9.94. The SMILES string of the molecule is COCc1ccc(OC)c(OC)c1[N+](=O)[O-]. The largest absolute Gasteiger partial charge is 0.493 e. The summed E-state index contributed by atoms with van der Waals surface area (Å²) < 4.78 is 14.9. The molecule has 0 radical (unpaired) electrons. The van der Waals surface area contributed by atoms with Crippen LogP contribution in [0, 0.1) is 10.1 Å². The van der Waals surface area contributed by atoms with Gasteiger partial charge in [-0.1, -0.05) is 0 Å². The predicted molar refractivity (Wildman–Crippen MR) is 56.9 cm³/mol. The van der Waals surface area contributed by atoms with Crippen LogP contribution in [-0.2, 0) is 11.3 Å². The average molecular weight is 227 g/mol. The molecule has 0 aliphatic heterocycles. The van der Waals surface area contributed by atoms with Gasteiger partial charge >= 0.3 is 5.69 Å². The zero-order chi connectivity index (χ0) is 12.1. The second kappa shape index (κ2) is 5.32. The van der Waals surface area contributed by atoms with Crippen molar-refractivity contribution in [3.05, 3.63) is 27.8 Å². The third-order valence-corrected chi connectivity index (χ3v) is 2.09. The van der Waals surface area contributed by atoms with E-state index < -0.39 is 4.92 Å². The van der Waals surface area contributed by atoms with Gasteiger partial charge in [-0.15, -0.1) is 0 Å². The van der Waals surface area contributed by atoms with E-state index in [1.807, 2.05) is 0 Å². The van der Waals surface area contributed by atoms with Crippen LogP contribution in [0.5, 0.6) is 11.5 Å². The summed E-state index contributed by atoms with van der Waals surface area (Å²) in [6, 6.07) is 3.20. The summed E-state index contributed by atoms with van der Waals surface area (Å²) >= 11 is 0. The van der Waals surface area contributed by atoms with Gasteiger partial charge in [0, 0.05) is 7.11 Å². The molecule has 0 aromatic heterocycles. The van der Waals surface area contributed by atoms with Crippen LogP contribution in [0.2, 0.25) is 0 Å². The molecule has 0 saturated heterocycles. The predicted octanol–water partition coefficient (Wildman–Crippen LogP) is 1.76. The summed E-state index contributed by atoms with van der Waals surface area (Å²) in [5.41, 5.74) is 0.328. The highest BCUT2D eigenvalue weighted by molar-refractivity contribution is 5.60. The molecule has 88 valence electrons. The molecule has 1 aromatic carbocycles. The number of methoxy groups -OCH3 is 3. The Hall–Kier alpha value is -1.82. The van der Waals surface area contributed by atoms with E-state index in [0.717, 1.165) is 0 Å². The van der Waals surface area contributed by atoms with Gasteiger partial charge in [-0.2, -0.15) is 0 Å². The molecule has 6 nitrogen and oxygen atoms in total. The van der Waals surface area contributed by atoms with Crippen molar-refractivity contribution in [1.29, 1.82) is 0 Å². The molecule has 0 aliphatic carbocycles. The van der Waals surface area contributed by atoms with Gasteiger partial charge in [-0.3, -0.25) is 10.1 Å². The highest BCUT2D eigenvalue weighted by Crippen LogP contribution is 2.39. The van der Waals surface area contributed by atoms with Gasteiger partial charge in [0.1, 0.15) is 0 Å². The molecule has 0 aliphatic rings. The molecule has 0 spiro atoms. The van der Waals surface area contributed by atoms with Gasteiger partial charge in [0.25, 0.3) is 0 Å². The van der Waals surface area contributed by atoms with E-state index in [1.165, 1.54) is 21.3 Å². The third-order valence-electron chi connectivity index (χ3n) is 2.09. The highest BCUT2D eigenvalue weighted by atomic mass is 16.6. The van der Waals surface area contributed by atoms with E-state index in [4.69, 9.17) is 14.2 Å². The van der Waals surface area contributed by atoms with E-state index in [0.29, 0.717) is 11.3 Å². The van der Waals surface area contributed by atoms with Crippen LogP contribution < -0.4 is 9.47 Å². The fraction of sp³-hybridized carbons (Fsp3) is 0.400.